The minimum atomic E-state index is -4.28. The van der Waals surface area contributed by atoms with Crippen molar-refractivity contribution in [1.29, 1.82) is 0 Å². The number of aliphatic hydroxyl groups excluding tert-OH is 1. The van der Waals surface area contributed by atoms with E-state index < -0.39 is 21.5 Å². The van der Waals surface area contributed by atoms with Crippen molar-refractivity contribution in [2.45, 2.75) is 154 Å². The predicted octanol–water partition coefficient (Wildman–Crippen LogP) is 4.11. The van der Waals surface area contributed by atoms with Gasteiger partial charge >= 0.3 is 51.4 Å². The van der Waals surface area contributed by atoms with Crippen molar-refractivity contribution in [1.82, 2.24) is 0 Å². The van der Waals surface area contributed by atoms with Gasteiger partial charge in [-0.1, -0.05) is 123 Å². The van der Waals surface area contributed by atoms with E-state index >= 15 is 0 Å². The van der Waals surface area contributed by atoms with E-state index in [1.165, 1.54) is 96.3 Å². The summed E-state index contributed by atoms with van der Waals surface area (Å²) in [5.41, 5.74) is 0. The molecule has 2 unspecified atom stereocenters. The van der Waals surface area contributed by atoms with Crippen molar-refractivity contribution in [2.75, 3.05) is 0 Å². The Labute approximate surface area is 230 Å². The molecule has 0 aromatic carbocycles. The van der Waals surface area contributed by atoms with Crippen LogP contribution in [-0.4, -0.2) is 29.4 Å². The van der Waals surface area contributed by atoms with E-state index in [1.807, 2.05) is 0 Å². The number of rotatable bonds is 22. The number of hydrogen-bond acceptors (Lipinski definition) is 4. The summed E-state index contributed by atoms with van der Waals surface area (Å²) in [6.07, 6.45) is 22.7. The van der Waals surface area contributed by atoms with Crippen LogP contribution in [0.4, 0.5) is 0 Å². The topological polar surface area (TPSA) is 77.4 Å². The largest absolute Gasteiger partial charge is 1.00 e. The van der Waals surface area contributed by atoms with Crippen LogP contribution in [0.1, 0.15) is 142 Å². The summed E-state index contributed by atoms with van der Waals surface area (Å²) in [5.74, 6) is 0. The molecule has 0 heterocycles. The molecule has 176 valence electrons. The summed E-state index contributed by atoms with van der Waals surface area (Å²) in [4.78, 5) is 0. The minimum Gasteiger partial charge on any atom is -0.748 e. The van der Waals surface area contributed by atoms with Crippen LogP contribution in [0.25, 0.3) is 0 Å². The SMILES string of the molecule is CCCCCCCCCCCCCCCCCCCC(O)CC(CC)S(=O)(=O)[O-].[K+]. The predicted molar refractivity (Wildman–Crippen MR) is 123 cm³/mol. The molecule has 0 aliphatic heterocycles. The monoisotopic (exact) mass is 472 g/mol. The average Bonchev–Trinajstić information content (AvgIpc) is 2.67. The maximum Gasteiger partial charge on any atom is 1.00 e. The molecule has 0 rings (SSSR count). The van der Waals surface area contributed by atoms with E-state index in [9.17, 15) is 18.1 Å². The second-order valence-electron chi connectivity index (χ2n) is 8.86. The Hall–Kier alpha value is 1.51. The summed E-state index contributed by atoms with van der Waals surface area (Å²) in [5, 5.41) is 8.99. The van der Waals surface area contributed by atoms with E-state index in [0.29, 0.717) is 6.42 Å². The Morgan fingerprint density at radius 1 is 0.667 bits per heavy atom. The molecule has 0 aromatic heterocycles. The zero-order valence-corrected chi connectivity index (χ0v) is 24.3. The van der Waals surface area contributed by atoms with Gasteiger partial charge in [0.1, 0.15) is 0 Å². The average molecular weight is 473 g/mol. The number of aliphatic hydroxyl groups is 1. The van der Waals surface area contributed by atoms with E-state index in [0.717, 1.165) is 12.8 Å². The molecular weight excluding hydrogens is 423 g/mol. The van der Waals surface area contributed by atoms with Gasteiger partial charge < -0.3 is 9.66 Å². The molecule has 0 saturated carbocycles. The Bertz CT molecular complexity index is 442. The van der Waals surface area contributed by atoms with Gasteiger partial charge in [0, 0.05) is 0 Å². The summed E-state index contributed by atoms with van der Waals surface area (Å²) in [7, 11) is -4.28. The molecule has 0 fully saturated rings. The van der Waals surface area contributed by atoms with Gasteiger partial charge in [-0.2, -0.15) is 0 Å². The molecular formula is C24H49KO4S. The van der Waals surface area contributed by atoms with Crippen LogP contribution in [0.15, 0.2) is 0 Å². The number of unbranched alkanes of at least 4 members (excludes halogenated alkanes) is 16. The maximum atomic E-state index is 11.1. The second-order valence-corrected chi connectivity index (χ2v) is 10.5. The smallest absolute Gasteiger partial charge is 0.748 e. The van der Waals surface area contributed by atoms with Crippen LogP contribution < -0.4 is 51.4 Å². The molecule has 0 aliphatic carbocycles. The van der Waals surface area contributed by atoms with E-state index in [-0.39, 0.29) is 64.2 Å². The third kappa shape index (κ3) is 22.7. The molecule has 0 aliphatic rings. The Morgan fingerprint density at radius 2 is 1.00 bits per heavy atom. The van der Waals surface area contributed by atoms with Gasteiger partial charge in [-0.15, -0.1) is 0 Å². The Kier molecular flexibility index (Phi) is 26.6. The first kappa shape index (κ1) is 33.7. The van der Waals surface area contributed by atoms with Gasteiger partial charge in [0.15, 0.2) is 0 Å². The Morgan fingerprint density at radius 3 is 1.30 bits per heavy atom. The van der Waals surface area contributed by atoms with Crippen LogP contribution in [0.5, 0.6) is 0 Å². The summed E-state index contributed by atoms with van der Waals surface area (Å²) >= 11 is 0. The standard InChI is InChI=1S/C24H50O4S.K/c1-3-5-6-7-8-9-10-11-12-13-14-15-16-17-18-19-20-21-23(25)22-24(4-2)29(26,27)28;/h23-25H,3-22H2,1-2H3,(H,26,27,28);/q;+1/p-1. The summed E-state index contributed by atoms with van der Waals surface area (Å²) in [6, 6.07) is 0. The van der Waals surface area contributed by atoms with Crippen molar-refractivity contribution in [3.05, 3.63) is 0 Å². The Balaban J connectivity index is 0. The van der Waals surface area contributed by atoms with Crippen molar-refractivity contribution in [3.8, 4) is 0 Å². The third-order valence-corrected chi connectivity index (χ3v) is 7.38. The fraction of sp³-hybridized carbons (Fsp3) is 1.00. The van der Waals surface area contributed by atoms with Crippen LogP contribution in [0.3, 0.4) is 0 Å². The van der Waals surface area contributed by atoms with E-state index in [4.69, 9.17) is 0 Å². The fourth-order valence-electron chi connectivity index (χ4n) is 4.01. The van der Waals surface area contributed by atoms with E-state index in [2.05, 4.69) is 6.92 Å². The summed E-state index contributed by atoms with van der Waals surface area (Å²) < 4.78 is 33.2. The van der Waals surface area contributed by atoms with E-state index in [1.54, 1.807) is 6.92 Å². The molecule has 1 N–H and O–H groups in total. The van der Waals surface area contributed by atoms with Gasteiger partial charge in [-0.05, 0) is 19.3 Å². The van der Waals surface area contributed by atoms with Gasteiger partial charge in [-0.25, -0.2) is 8.42 Å². The van der Waals surface area contributed by atoms with Crippen LogP contribution >= 0.6 is 0 Å². The van der Waals surface area contributed by atoms with Gasteiger partial charge in [0.05, 0.1) is 21.5 Å². The first-order valence-electron chi connectivity index (χ1n) is 12.5. The molecule has 0 aromatic rings. The zero-order valence-electron chi connectivity index (χ0n) is 20.4. The zero-order chi connectivity index (χ0) is 21.8. The van der Waals surface area contributed by atoms with Crippen molar-refractivity contribution >= 4 is 10.1 Å². The molecule has 2 atom stereocenters. The van der Waals surface area contributed by atoms with Crippen LogP contribution in [0, 0.1) is 0 Å². The van der Waals surface area contributed by atoms with Crippen molar-refractivity contribution in [3.63, 3.8) is 0 Å². The molecule has 0 radical (unpaired) electrons. The molecule has 0 spiro atoms. The van der Waals surface area contributed by atoms with Gasteiger partial charge in [0.25, 0.3) is 0 Å². The minimum absolute atomic E-state index is 0. The fourth-order valence-corrected chi connectivity index (χ4v) is 4.88. The second kappa shape index (κ2) is 23.7. The van der Waals surface area contributed by atoms with Crippen LogP contribution in [0.2, 0.25) is 0 Å². The molecule has 30 heavy (non-hydrogen) atoms. The molecule has 0 saturated heterocycles. The molecule has 0 bridgehead atoms. The quantitative estimate of drug-likeness (QED) is 0.146. The van der Waals surface area contributed by atoms with Gasteiger partial charge in [0.2, 0.25) is 0 Å². The first-order chi connectivity index (χ1) is 13.9. The van der Waals surface area contributed by atoms with Crippen molar-refractivity contribution in [2.24, 2.45) is 0 Å². The summed E-state index contributed by atoms with van der Waals surface area (Å²) in [6.45, 7) is 3.95. The number of hydrogen-bond donors (Lipinski definition) is 1. The maximum absolute atomic E-state index is 11.1. The molecule has 6 heteroatoms. The third-order valence-electron chi connectivity index (χ3n) is 6.04. The van der Waals surface area contributed by atoms with Gasteiger partial charge in [-0.3, -0.25) is 0 Å². The normalized spacial score (nSPS) is 13.7. The molecule has 4 nitrogen and oxygen atoms in total. The first-order valence-corrected chi connectivity index (χ1v) is 14.0. The van der Waals surface area contributed by atoms with Crippen LogP contribution in [-0.2, 0) is 10.1 Å². The molecule has 0 amide bonds. The van der Waals surface area contributed by atoms with Crippen molar-refractivity contribution < 1.29 is 69.5 Å².